The highest BCUT2D eigenvalue weighted by atomic mass is 28.4. The third-order valence-electron chi connectivity index (χ3n) is 15.5. The first-order valence-electron chi connectivity index (χ1n) is 24.9. The Morgan fingerprint density at radius 2 is 0.915 bits per heavy atom. The zero-order valence-corrected chi connectivity index (χ0v) is 43.5. The van der Waals surface area contributed by atoms with Crippen LogP contribution in [-0.4, -0.2) is 46.7 Å². The van der Waals surface area contributed by atoms with E-state index in [4.69, 9.17) is 13.6 Å². The largest absolute Gasteiger partial charge is 0.507 e. The molecule has 2 aliphatic carbocycles. The van der Waals surface area contributed by atoms with Gasteiger partial charge in [-0.05, 0) is 89.0 Å². The molecule has 0 amide bonds. The van der Waals surface area contributed by atoms with E-state index in [1.807, 2.05) is 60.7 Å². The number of rotatable bonds is 13. The molecule has 4 atom stereocenters. The lowest BCUT2D eigenvalue weighted by Gasteiger charge is -2.46. The molecule has 1 N–H and O–H groups in total. The zero-order chi connectivity index (χ0) is 49.5. The Morgan fingerprint density at radius 3 is 1.37 bits per heavy atom. The summed E-state index contributed by atoms with van der Waals surface area (Å²) in [7, 11) is -6.01. The minimum Gasteiger partial charge on any atom is -0.507 e. The van der Waals surface area contributed by atoms with Crippen molar-refractivity contribution in [2.45, 2.75) is 58.0 Å². The SMILES string of the molecule is CC(C)(C)[Si](OC[C@@H]1[C@H](CO[Si](c2ccccc2)(c2ccccc2)C(C)(C)C)[C@H]2C[C@@H]1C(=O)/C2=C\C(=O)Oc1cccc2cccc(-c3cccc4cccc(O)c34)c12)(c1ccccc1)c1ccccc1. The maximum absolute atomic E-state index is 15.0. The summed E-state index contributed by atoms with van der Waals surface area (Å²) >= 11 is 0. The second-order valence-electron chi connectivity index (χ2n) is 21.5. The molecule has 8 aromatic rings. The van der Waals surface area contributed by atoms with Gasteiger partial charge in [-0.1, -0.05) is 224 Å². The number of Topliss-reactive ketones (excluding diaryl/α,β-unsaturated/α-hetero) is 1. The highest BCUT2D eigenvalue weighted by Crippen LogP contribution is 2.55. The first-order chi connectivity index (χ1) is 34.2. The second kappa shape index (κ2) is 19.1. The van der Waals surface area contributed by atoms with Gasteiger partial charge >= 0.3 is 5.97 Å². The van der Waals surface area contributed by atoms with Crippen molar-refractivity contribution >= 4 is 70.7 Å². The van der Waals surface area contributed by atoms with Crippen LogP contribution >= 0.6 is 0 Å². The van der Waals surface area contributed by atoms with Crippen LogP contribution < -0.4 is 25.5 Å². The van der Waals surface area contributed by atoms with Crippen LogP contribution in [0.5, 0.6) is 11.5 Å². The predicted octanol–water partition coefficient (Wildman–Crippen LogP) is 11.8. The third kappa shape index (κ3) is 8.50. The van der Waals surface area contributed by atoms with Gasteiger partial charge in [-0.2, -0.15) is 0 Å². The van der Waals surface area contributed by atoms with Crippen LogP contribution in [0, 0.1) is 23.7 Å². The van der Waals surface area contributed by atoms with Crippen molar-refractivity contribution < 1.29 is 28.3 Å². The molecule has 0 aromatic heterocycles. The van der Waals surface area contributed by atoms with E-state index >= 15 is 4.79 Å². The van der Waals surface area contributed by atoms with Gasteiger partial charge in [0, 0.05) is 41.6 Å². The first kappa shape index (κ1) is 48.0. The number of hydrogen-bond acceptors (Lipinski definition) is 6. The molecular formula is C63H62O6Si2. The molecule has 358 valence electrons. The molecule has 0 heterocycles. The van der Waals surface area contributed by atoms with Crippen LogP contribution in [0.25, 0.3) is 32.7 Å². The average Bonchev–Trinajstić information content (AvgIpc) is 3.89. The maximum atomic E-state index is 15.0. The van der Waals surface area contributed by atoms with Crippen LogP contribution in [0.1, 0.15) is 48.0 Å². The van der Waals surface area contributed by atoms with Crippen LogP contribution in [0.2, 0.25) is 10.1 Å². The average molecular weight is 971 g/mol. The van der Waals surface area contributed by atoms with Crippen molar-refractivity contribution in [1.82, 2.24) is 0 Å². The lowest BCUT2D eigenvalue weighted by atomic mass is 9.77. The predicted molar refractivity (Wildman–Crippen MR) is 293 cm³/mol. The van der Waals surface area contributed by atoms with Crippen molar-refractivity contribution in [3.63, 3.8) is 0 Å². The molecule has 0 radical (unpaired) electrons. The number of carbonyl (C=O) groups excluding carboxylic acids is 2. The van der Waals surface area contributed by atoms with E-state index in [9.17, 15) is 9.90 Å². The number of phenols is 1. The monoisotopic (exact) mass is 970 g/mol. The normalized spacial score (nSPS) is 18.9. The number of hydrogen-bond donors (Lipinski definition) is 1. The third-order valence-corrected chi connectivity index (χ3v) is 25.5. The van der Waals surface area contributed by atoms with Gasteiger partial charge in [-0.15, -0.1) is 0 Å². The summed E-state index contributed by atoms with van der Waals surface area (Å²) in [5.74, 6) is -0.997. The number of ketones is 1. The Hall–Kier alpha value is -6.69. The summed E-state index contributed by atoms with van der Waals surface area (Å²) in [4.78, 5) is 29.5. The first-order valence-corrected chi connectivity index (χ1v) is 28.7. The Balaban J connectivity index is 1.05. The fourth-order valence-corrected chi connectivity index (χ4v) is 21.5. The molecule has 2 aliphatic rings. The Labute approximate surface area is 420 Å². The Kier molecular flexibility index (Phi) is 12.9. The fourth-order valence-electron chi connectivity index (χ4n) is 12.3. The molecule has 10 rings (SSSR count). The number of allylic oxidation sites excluding steroid dienone is 1. The van der Waals surface area contributed by atoms with E-state index in [1.54, 1.807) is 12.1 Å². The smallest absolute Gasteiger partial charge is 0.336 e. The van der Waals surface area contributed by atoms with Crippen LogP contribution in [0.4, 0.5) is 0 Å². The van der Waals surface area contributed by atoms with Gasteiger partial charge in [0.25, 0.3) is 16.6 Å². The van der Waals surface area contributed by atoms with Crippen molar-refractivity contribution in [2.75, 3.05) is 13.2 Å². The zero-order valence-electron chi connectivity index (χ0n) is 41.5. The topological polar surface area (TPSA) is 82.1 Å². The molecule has 6 nitrogen and oxygen atoms in total. The molecule has 0 unspecified atom stereocenters. The number of phenolic OH excluding ortho intramolecular Hbond substituents is 1. The van der Waals surface area contributed by atoms with Gasteiger partial charge in [0.05, 0.1) is 0 Å². The highest BCUT2D eigenvalue weighted by molar-refractivity contribution is 7.00. The molecule has 0 spiro atoms. The number of carbonyl (C=O) groups is 2. The number of ether oxygens (including phenoxy) is 1. The summed E-state index contributed by atoms with van der Waals surface area (Å²) in [6.07, 6.45) is 2.07. The van der Waals surface area contributed by atoms with Crippen LogP contribution in [0.15, 0.2) is 206 Å². The minimum atomic E-state index is -3.02. The number of benzene rings is 8. The molecule has 8 aromatic carbocycles. The van der Waals surface area contributed by atoms with Crippen molar-refractivity contribution in [2.24, 2.45) is 23.7 Å². The van der Waals surface area contributed by atoms with Crippen LogP contribution in [-0.2, 0) is 18.4 Å². The van der Waals surface area contributed by atoms with E-state index in [-0.39, 0.29) is 45.3 Å². The van der Waals surface area contributed by atoms with Gasteiger partial charge < -0.3 is 18.7 Å². The number of esters is 1. The van der Waals surface area contributed by atoms with Gasteiger partial charge in [-0.3, -0.25) is 4.79 Å². The maximum Gasteiger partial charge on any atom is 0.336 e. The van der Waals surface area contributed by atoms with E-state index in [1.165, 1.54) is 26.8 Å². The quantitative estimate of drug-likeness (QED) is 0.0536. The van der Waals surface area contributed by atoms with Gasteiger partial charge in [0.1, 0.15) is 11.5 Å². The molecule has 0 saturated heterocycles. The molecule has 2 saturated carbocycles. The number of aromatic hydroxyl groups is 1. The van der Waals surface area contributed by atoms with Gasteiger partial charge in [0.2, 0.25) is 0 Å². The van der Waals surface area contributed by atoms with Crippen molar-refractivity contribution in [3.8, 4) is 22.6 Å². The lowest BCUT2D eigenvalue weighted by molar-refractivity contribution is -0.129. The summed E-state index contributed by atoms with van der Waals surface area (Å²) in [6.45, 7) is 14.5. The highest BCUT2D eigenvalue weighted by Gasteiger charge is 2.59. The summed E-state index contributed by atoms with van der Waals surface area (Å²) in [5.41, 5.74) is 2.15. The van der Waals surface area contributed by atoms with Gasteiger partial charge in [0.15, 0.2) is 5.78 Å². The molecule has 0 aliphatic heterocycles. The van der Waals surface area contributed by atoms with Crippen molar-refractivity contribution in [1.29, 1.82) is 0 Å². The Morgan fingerprint density at radius 1 is 0.521 bits per heavy atom. The van der Waals surface area contributed by atoms with E-state index in [0.717, 1.165) is 32.7 Å². The van der Waals surface area contributed by atoms with Crippen molar-refractivity contribution in [3.05, 3.63) is 206 Å². The molecule has 71 heavy (non-hydrogen) atoms. The Bertz CT molecular complexity index is 3160. The van der Waals surface area contributed by atoms with E-state index in [0.29, 0.717) is 31.0 Å². The molecule has 2 fully saturated rings. The molecule has 2 bridgehead atoms. The fraction of sp³-hybridized carbons (Fsp3) is 0.238. The summed E-state index contributed by atoms with van der Waals surface area (Å²) in [5, 5.41) is 18.5. The standard InChI is InChI=1S/C63H62O6Si2/c1-62(2,3)70(45-27-11-7-12-28-45,46-29-13-8-14-30-46)67-41-54-51-39-52(55(54)42-68-71(63(4,5)6,47-31-15-9-16-32-47)48-33-17-10-18-34-48)61(66)53(51)40-58(65)69-57-38-22-26-44-24-20-36-50(60(44)57)49-35-19-23-43-25-21-37-56(64)59(43)49/h7-38,40,51-52,54-55,64H,39,41-42H2,1-6H3/b53-40-/t51-,52-,54+,55-/m0/s1. The van der Waals surface area contributed by atoms with Crippen LogP contribution in [0.3, 0.4) is 0 Å². The summed E-state index contributed by atoms with van der Waals surface area (Å²) < 4.78 is 21.8. The van der Waals surface area contributed by atoms with E-state index in [2.05, 4.69) is 163 Å². The van der Waals surface area contributed by atoms with E-state index < -0.39 is 22.6 Å². The lowest BCUT2D eigenvalue weighted by Crippen LogP contribution is -2.67. The minimum absolute atomic E-state index is 0.0189. The van der Waals surface area contributed by atoms with Gasteiger partial charge in [-0.25, -0.2) is 4.79 Å². The second-order valence-corrected chi connectivity index (χ2v) is 30.1. The molecular weight excluding hydrogens is 909 g/mol. The summed E-state index contributed by atoms with van der Waals surface area (Å²) in [6, 6.07) is 65.7. The number of fused-ring (bicyclic) bond motifs is 4. The molecule has 8 heteroatoms.